The lowest BCUT2D eigenvalue weighted by Crippen LogP contribution is -2.51. The summed E-state index contributed by atoms with van der Waals surface area (Å²) in [6, 6.07) is -0.730. The second-order valence-electron chi connectivity index (χ2n) is 6.58. The maximum absolute atomic E-state index is 12.3. The number of amides is 1. The summed E-state index contributed by atoms with van der Waals surface area (Å²) < 4.78 is 15.7. The molecule has 0 aromatic carbocycles. The molecular formula is C16H31NO5. The summed E-state index contributed by atoms with van der Waals surface area (Å²) >= 11 is 0. The molecule has 0 fully saturated rings. The maximum Gasteiger partial charge on any atom is 0.412 e. The number of hydrogen-bond donors (Lipinski definition) is 0. The van der Waals surface area contributed by atoms with Crippen molar-refractivity contribution in [2.24, 2.45) is 5.92 Å². The van der Waals surface area contributed by atoms with Gasteiger partial charge in [0.1, 0.15) is 18.4 Å². The van der Waals surface area contributed by atoms with Gasteiger partial charge in [-0.3, -0.25) is 4.90 Å². The van der Waals surface area contributed by atoms with Crippen LogP contribution in [0.1, 0.15) is 54.4 Å². The van der Waals surface area contributed by atoms with Gasteiger partial charge in [0.2, 0.25) is 0 Å². The lowest BCUT2D eigenvalue weighted by Gasteiger charge is -2.33. The van der Waals surface area contributed by atoms with Gasteiger partial charge in [0, 0.05) is 7.11 Å². The molecule has 0 aliphatic carbocycles. The lowest BCUT2D eigenvalue weighted by molar-refractivity contribution is -0.154. The topological polar surface area (TPSA) is 65.1 Å². The number of carbonyl (C=O) groups is 2. The molecule has 0 spiro atoms. The Kier molecular flexibility index (Phi) is 9.09. The second kappa shape index (κ2) is 9.66. The number of nitrogens with zero attached hydrogens (tertiary/aromatic N) is 1. The van der Waals surface area contributed by atoms with Crippen LogP contribution in [0, 0.1) is 5.92 Å². The Hall–Kier alpha value is -1.30. The highest BCUT2D eigenvalue weighted by molar-refractivity contribution is 5.81. The molecule has 0 bridgehead atoms. The van der Waals surface area contributed by atoms with Crippen LogP contribution in [0.2, 0.25) is 0 Å². The third kappa shape index (κ3) is 7.64. The van der Waals surface area contributed by atoms with E-state index < -0.39 is 23.7 Å². The molecule has 0 saturated heterocycles. The second-order valence-corrected chi connectivity index (χ2v) is 6.58. The van der Waals surface area contributed by atoms with E-state index in [0.29, 0.717) is 6.61 Å². The minimum atomic E-state index is -0.730. The first-order valence-electron chi connectivity index (χ1n) is 7.79. The smallest absolute Gasteiger partial charge is 0.412 e. The van der Waals surface area contributed by atoms with Crippen molar-refractivity contribution in [1.82, 2.24) is 4.90 Å². The monoisotopic (exact) mass is 317 g/mol. The highest BCUT2D eigenvalue weighted by atomic mass is 16.6. The predicted octanol–water partition coefficient (Wildman–Crippen LogP) is 3.20. The summed E-state index contributed by atoms with van der Waals surface area (Å²) in [5, 5.41) is 0. The Morgan fingerprint density at radius 1 is 1.18 bits per heavy atom. The van der Waals surface area contributed by atoms with E-state index in [4.69, 9.17) is 14.2 Å². The molecule has 0 N–H and O–H groups in total. The summed E-state index contributed by atoms with van der Waals surface area (Å²) in [7, 11) is 1.47. The molecule has 6 heteroatoms. The summed E-state index contributed by atoms with van der Waals surface area (Å²) in [5.41, 5.74) is -0.642. The van der Waals surface area contributed by atoms with Crippen LogP contribution in [-0.4, -0.2) is 49.1 Å². The van der Waals surface area contributed by atoms with Gasteiger partial charge in [-0.2, -0.15) is 0 Å². The molecule has 0 aliphatic rings. The van der Waals surface area contributed by atoms with Crippen molar-refractivity contribution < 1.29 is 23.8 Å². The van der Waals surface area contributed by atoms with E-state index in [2.05, 4.69) is 0 Å². The maximum atomic E-state index is 12.3. The molecule has 0 heterocycles. The van der Waals surface area contributed by atoms with E-state index in [1.165, 1.54) is 12.0 Å². The van der Waals surface area contributed by atoms with Crippen LogP contribution in [0.25, 0.3) is 0 Å². The first-order chi connectivity index (χ1) is 10.1. The van der Waals surface area contributed by atoms with E-state index in [1.54, 1.807) is 20.8 Å². The lowest BCUT2D eigenvalue weighted by atomic mass is 10.0. The van der Waals surface area contributed by atoms with Gasteiger partial charge in [-0.1, -0.05) is 27.2 Å². The molecule has 130 valence electrons. The quantitative estimate of drug-likeness (QED) is 0.391. The normalized spacial score (nSPS) is 12.9. The molecule has 0 aromatic rings. The van der Waals surface area contributed by atoms with Crippen molar-refractivity contribution in [3.63, 3.8) is 0 Å². The zero-order valence-corrected chi connectivity index (χ0v) is 15.0. The molecule has 0 unspecified atom stereocenters. The summed E-state index contributed by atoms with van der Waals surface area (Å²) in [6.45, 7) is 11.4. The van der Waals surface area contributed by atoms with Crippen molar-refractivity contribution in [2.45, 2.75) is 66.0 Å². The van der Waals surface area contributed by atoms with E-state index in [-0.39, 0.29) is 12.6 Å². The summed E-state index contributed by atoms with van der Waals surface area (Å²) in [6.07, 6.45) is 1.15. The fourth-order valence-electron chi connectivity index (χ4n) is 1.87. The third-order valence-corrected chi connectivity index (χ3v) is 2.85. The number of hydrogen-bond acceptors (Lipinski definition) is 5. The number of methoxy groups -OCH3 is 1. The third-order valence-electron chi connectivity index (χ3n) is 2.85. The summed E-state index contributed by atoms with van der Waals surface area (Å²) in [5.74, 6) is -0.539. The van der Waals surface area contributed by atoms with Gasteiger partial charge in [0.15, 0.2) is 0 Å². The van der Waals surface area contributed by atoms with Gasteiger partial charge in [-0.15, -0.1) is 0 Å². The molecule has 22 heavy (non-hydrogen) atoms. The Bertz CT molecular complexity index is 349. The van der Waals surface area contributed by atoms with Crippen LogP contribution >= 0.6 is 0 Å². The van der Waals surface area contributed by atoms with Gasteiger partial charge < -0.3 is 14.2 Å². The van der Waals surface area contributed by atoms with Crippen molar-refractivity contribution in [1.29, 1.82) is 0 Å². The largest absolute Gasteiger partial charge is 0.464 e. The highest BCUT2D eigenvalue weighted by Crippen LogP contribution is 2.18. The van der Waals surface area contributed by atoms with Crippen LogP contribution in [0.4, 0.5) is 4.79 Å². The van der Waals surface area contributed by atoms with Crippen LogP contribution in [0.15, 0.2) is 0 Å². The minimum absolute atomic E-state index is 0.0271. The standard InChI is InChI=1S/C16H31NO5/c1-8-9-10-21-14(18)13(12(2)3)17(11-20-7)15(19)22-16(4,5)6/h12-13H,8-11H2,1-7H3/t13-/m0/s1. The number of unbranched alkanes of at least 4 members (excludes halogenated alkanes) is 1. The van der Waals surface area contributed by atoms with E-state index in [0.717, 1.165) is 12.8 Å². The van der Waals surface area contributed by atoms with Crippen molar-refractivity contribution in [3.8, 4) is 0 Å². The molecule has 0 aromatic heterocycles. The fourth-order valence-corrected chi connectivity index (χ4v) is 1.87. The Labute approximate surface area is 134 Å². The molecule has 0 radical (unpaired) electrons. The Balaban J connectivity index is 5.09. The van der Waals surface area contributed by atoms with Gasteiger partial charge in [0.05, 0.1) is 6.61 Å². The summed E-state index contributed by atoms with van der Waals surface area (Å²) in [4.78, 5) is 25.9. The van der Waals surface area contributed by atoms with E-state index >= 15 is 0 Å². The van der Waals surface area contributed by atoms with Crippen LogP contribution < -0.4 is 0 Å². The SMILES string of the molecule is CCCCOC(=O)[C@H](C(C)C)N(COC)C(=O)OC(C)(C)C. The molecular weight excluding hydrogens is 286 g/mol. The van der Waals surface area contributed by atoms with Crippen molar-refractivity contribution in [3.05, 3.63) is 0 Å². The number of esters is 1. The zero-order valence-electron chi connectivity index (χ0n) is 15.0. The van der Waals surface area contributed by atoms with Crippen molar-refractivity contribution >= 4 is 12.1 Å². The average molecular weight is 317 g/mol. The molecule has 0 rings (SSSR count). The van der Waals surface area contributed by atoms with E-state index in [1.807, 2.05) is 20.8 Å². The molecule has 6 nitrogen and oxygen atoms in total. The molecule has 1 atom stereocenters. The van der Waals surface area contributed by atoms with Crippen LogP contribution in [0.5, 0.6) is 0 Å². The Morgan fingerprint density at radius 2 is 1.77 bits per heavy atom. The predicted molar refractivity (Wildman–Crippen MR) is 84.4 cm³/mol. The highest BCUT2D eigenvalue weighted by Gasteiger charge is 2.36. The van der Waals surface area contributed by atoms with Gasteiger partial charge >= 0.3 is 12.1 Å². The van der Waals surface area contributed by atoms with E-state index in [9.17, 15) is 9.59 Å². The minimum Gasteiger partial charge on any atom is -0.464 e. The Morgan fingerprint density at radius 3 is 2.18 bits per heavy atom. The van der Waals surface area contributed by atoms with Gasteiger partial charge in [0.25, 0.3) is 0 Å². The van der Waals surface area contributed by atoms with Crippen LogP contribution in [-0.2, 0) is 19.0 Å². The average Bonchev–Trinajstić information content (AvgIpc) is 2.36. The van der Waals surface area contributed by atoms with Gasteiger partial charge in [-0.25, -0.2) is 9.59 Å². The fraction of sp³-hybridized carbons (Fsp3) is 0.875. The zero-order chi connectivity index (χ0) is 17.3. The molecule has 1 amide bonds. The molecule has 0 aliphatic heterocycles. The van der Waals surface area contributed by atoms with Crippen molar-refractivity contribution in [2.75, 3.05) is 20.4 Å². The number of rotatable bonds is 8. The molecule has 0 saturated carbocycles. The number of carbonyl (C=O) groups excluding carboxylic acids is 2. The first-order valence-corrected chi connectivity index (χ1v) is 7.79. The first kappa shape index (κ1) is 20.7. The van der Waals surface area contributed by atoms with Crippen LogP contribution in [0.3, 0.4) is 0 Å². The number of ether oxygens (including phenoxy) is 3. The van der Waals surface area contributed by atoms with Gasteiger partial charge in [-0.05, 0) is 33.1 Å².